The standard InChI is InChI=1S/C13H19N3O3/c1-3-8-16-11(17)5-4-9(13(18)19)12(16)10-6-7-14-15(10)2/h6-7,9,12H,3-5,8H2,1-2H3,(H,18,19). The fourth-order valence-electron chi connectivity index (χ4n) is 2.76. The van der Waals surface area contributed by atoms with Gasteiger partial charge in [-0.3, -0.25) is 14.3 Å². The van der Waals surface area contributed by atoms with Crippen LogP contribution in [-0.4, -0.2) is 38.2 Å². The van der Waals surface area contributed by atoms with Gasteiger partial charge in [-0.15, -0.1) is 0 Å². The van der Waals surface area contributed by atoms with E-state index in [0.717, 1.165) is 12.1 Å². The second-order valence-electron chi connectivity index (χ2n) is 4.90. The number of carbonyl (C=O) groups is 2. The van der Waals surface area contributed by atoms with Crippen molar-refractivity contribution in [2.24, 2.45) is 13.0 Å². The maximum absolute atomic E-state index is 12.1. The fourth-order valence-corrected chi connectivity index (χ4v) is 2.76. The number of piperidine rings is 1. The van der Waals surface area contributed by atoms with Crippen molar-refractivity contribution in [2.75, 3.05) is 6.54 Å². The van der Waals surface area contributed by atoms with Crippen molar-refractivity contribution in [1.82, 2.24) is 14.7 Å². The van der Waals surface area contributed by atoms with E-state index in [4.69, 9.17) is 0 Å². The zero-order chi connectivity index (χ0) is 14.0. The second-order valence-corrected chi connectivity index (χ2v) is 4.90. The minimum absolute atomic E-state index is 0.0329. The van der Waals surface area contributed by atoms with Crippen LogP contribution >= 0.6 is 0 Å². The summed E-state index contributed by atoms with van der Waals surface area (Å²) in [5.41, 5.74) is 0.786. The molecule has 19 heavy (non-hydrogen) atoms. The van der Waals surface area contributed by atoms with Crippen LogP contribution in [0, 0.1) is 5.92 Å². The molecule has 1 saturated heterocycles. The summed E-state index contributed by atoms with van der Waals surface area (Å²) in [6.45, 7) is 2.57. The van der Waals surface area contributed by atoms with Crippen LogP contribution in [0.15, 0.2) is 12.3 Å². The van der Waals surface area contributed by atoms with Crippen molar-refractivity contribution in [3.05, 3.63) is 18.0 Å². The number of aryl methyl sites for hydroxylation is 1. The van der Waals surface area contributed by atoms with E-state index in [1.54, 1.807) is 28.9 Å². The third-order valence-electron chi connectivity index (χ3n) is 3.65. The van der Waals surface area contributed by atoms with E-state index in [1.165, 1.54) is 0 Å². The number of hydrogen-bond donors (Lipinski definition) is 1. The number of amides is 1. The van der Waals surface area contributed by atoms with Crippen molar-refractivity contribution >= 4 is 11.9 Å². The number of hydrogen-bond acceptors (Lipinski definition) is 3. The predicted molar refractivity (Wildman–Crippen MR) is 68.3 cm³/mol. The molecule has 6 nitrogen and oxygen atoms in total. The average Bonchev–Trinajstić information content (AvgIpc) is 2.77. The maximum atomic E-state index is 12.1. The van der Waals surface area contributed by atoms with E-state index in [2.05, 4.69) is 5.10 Å². The number of aliphatic carboxylic acids is 1. The first-order valence-electron chi connectivity index (χ1n) is 6.56. The van der Waals surface area contributed by atoms with E-state index in [0.29, 0.717) is 19.4 Å². The first kappa shape index (κ1) is 13.6. The van der Waals surface area contributed by atoms with Gasteiger partial charge in [0.2, 0.25) is 5.91 Å². The van der Waals surface area contributed by atoms with Gasteiger partial charge < -0.3 is 10.0 Å². The molecule has 2 heterocycles. The van der Waals surface area contributed by atoms with Gasteiger partial charge in [0.1, 0.15) is 0 Å². The highest BCUT2D eigenvalue weighted by atomic mass is 16.4. The summed E-state index contributed by atoms with van der Waals surface area (Å²) >= 11 is 0. The lowest BCUT2D eigenvalue weighted by Gasteiger charge is -2.39. The van der Waals surface area contributed by atoms with Crippen molar-refractivity contribution < 1.29 is 14.7 Å². The molecule has 6 heteroatoms. The molecular formula is C13H19N3O3. The molecule has 0 aromatic carbocycles. The van der Waals surface area contributed by atoms with Crippen LogP contribution in [-0.2, 0) is 16.6 Å². The summed E-state index contributed by atoms with van der Waals surface area (Å²) in [5.74, 6) is -1.37. The summed E-state index contributed by atoms with van der Waals surface area (Å²) in [7, 11) is 1.78. The third kappa shape index (κ3) is 2.47. The van der Waals surface area contributed by atoms with Gasteiger partial charge in [-0.05, 0) is 18.9 Å². The Labute approximate surface area is 112 Å². The third-order valence-corrected chi connectivity index (χ3v) is 3.65. The van der Waals surface area contributed by atoms with Gasteiger partial charge in [-0.25, -0.2) is 0 Å². The Morgan fingerprint density at radius 3 is 2.84 bits per heavy atom. The topological polar surface area (TPSA) is 75.4 Å². The number of aromatic nitrogens is 2. The van der Waals surface area contributed by atoms with E-state index in [1.807, 2.05) is 6.92 Å². The normalized spacial score (nSPS) is 23.7. The van der Waals surface area contributed by atoms with Gasteiger partial charge >= 0.3 is 5.97 Å². The molecular weight excluding hydrogens is 246 g/mol. The molecule has 0 radical (unpaired) electrons. The zero-order valence-corrected chi connectivity index (χ0v) is 11.2. The Kier molecular flexibility index (Phi) is 3.87. The molecule has 0 saturated carbocycles. The molecule has 0 aliphatic carbocycles. The molecule has 1 aromatic rings. The Hall–Kier alpha value is -1.85. The lowest BCUT2D eigenvalue weighted by molar-refractivity contribution is -0.152. The summed E-state index contributed by atoms with van der Waals surface area (Å²) in [5, 5.41) is 13.5. The van der Waals surface area contributed by atoms with Crippen LogP contribution in [0.25, 0.3) is 0 Å². The van der Waals surface area contributed by atoms with Crippen LogP contribution in [0.2, 0.25) is 0 Å². The molecule has 1 aliphatic heterocycles. The lowest BCUT2D eigenvalue weighted by Crippen LogP contribution is -2.46. The maximum Gasteiger partial charge on any atom is 0.309 e. The Morgan fingerprint density at radius 1 is 1.58 bits per heavy atom. The quantitative estimate of drug-likeness (QED) is 0.887. The number of carboxylic acid groups (broad SMARTS) is 1. The molecule has 2 atom stereocenters. The molecule has 1 N–H and O–H groups in total. The van der Waals surface area contributed by atoms with E-state index < -0.39 is 17.9 Å². The SMILES string of the molecule is CCCN1C(=O)CCC(C(=O)O)C1c1ccnn1C. The molecule has 0 spiro atoms. The Bertz CT molecular complexity index is 483. The predicted octanol–water partition coefficient (Wildman–Crippen LogP) is 1.19. The highest BCUT2D eigenvalue weighted by Crippen LogP contribution is 2.36. The van der Waals surface area contributed by atoms with Crippen LogP contribution in [0.3, 0.4) is 0 Å². The Morgan fingerprint density at radius 2 is 2.32 bits per heavy atom. The van der Waals surface area contributed by atoms with Crippen LogP contribution in [0.1, 0.15) is 37.9 Å². The second kappa shape index (κ2) is 5.42. The summed E-state index contributed by atoms with van der Waals surface area (Å²) in [6, 6.07) is 1.38. The van der Waals surface area contributed by atoms with Gasteiger partial charge in [0.05, 0.1) is 17.7 Å². The van der Waals surface area contributed by atoms with Crippen LogP contribution < -0.4 is 0 Å². The van der Waals surface area contributed by atoms with E-state index in [9.17, 15) is 14.7 Å². The molecule has 1 fully saturated rings. The summed E-state index contributed by atoms with van der Waals surface area (Å²) in [4.78, 5) is 25.2. The smallest absolute Gasteiger partial charge is 0.309 e. The van der Waals surface area contributed by atoms with E-state index >= 15 is 0 Å². The number of carbonyl (C=O) groups excluding carboxylic acids is 1. The number of nitrogens with zero attached hydrogens (tertiary/aromatic N) is 3. The van der Waals surface area contributed by atoms with Crippen molar-refractivity contribution in [3.8, 4) is 0 Å². The average molecular weight is 265 g/mol. The first-order valence-corrected chi connectivity index (χ1v) is 6.56. The number of rotatable bonds is 4. The van der Waals surface area contributed by atoms with Crippen LogP contribution in [0.4, 0.5) is 0 Å². The van der Waals surface area contributed by atoms with Gasteiger partial charge in [0.15, 0.2) is 0 Å². The minimum Gasteiger partial charge on any atom is -0.481 e. The van der Waals surface area contributed by atoms with Gasteiger partial charge in [0, 0.05) is 26.2 Å². The van der Waals surface area contributed by atoms with Gasteiger partial charge in [-0.2, -0.15) is 5.10 Å². The number of carboxylic acids is 1. The lowest BCUT2D eigenvalue weighted by atomic mass is 9.86. The van der Waals surface area contributed by atoms with Gasteiger partial charge in [0.25, 0.3) is 0 Å². The van der Waals surface area contributed by atoms with Crippen molar-refractivity contribution in [1.29, 1.82) is 0 Å². The molecule has 1 amide bonds. The number of likely N-dealkylation sites (tertiary alicyclic amines) is 1. The monoisotopic (exact) mass is 265 g/mol. The summed E-state index contributed by atoms with van der Waals surface area (Å²) in [6.07, 6.45) is 3.15. The highest BCUT2D eigenvalue weighted by molar-refractivity contribution is 5.81. The van der Waals surface area contributed by atoms with E-state index in [-0.39, 0.29) is 5.91 Å². The van der Waals surface area contributed by atoms with Gasteiger partial charge in [-0.1, -0.05) is 6.92 Å². The summed E-state index contributed by atoms with van der Waals surface area (Å²) < 4.78 is 1.65. The van der Waals surface area contributed by atoms with Crippen molar-refractivity contribution in [2.45, 2.75) is 32.2 Å². The molecule has 2 rings (SSSR count). The van der Waals surface area contributed by atoms with Crippen LogP contribution in [0.5, 0.6) is 0 Å². The first-order chi connectivity index (χ1) is 9.06. The molecule has 2 unspecified atom stereocenters. The molecule has 1 aromatic heterocycles. The highest BCUT2D eigenvalue weighted by Gasteiger charge is 2.41. The molecule has 104 valence electrons. The fraction of sp³-hybridized carbons (Fsp3) is 0.615. The van der Waals surface area contributed by atoms with Crippen molar-refractivity contribution in [3.63, 3.8) is 0 Å². The Balaban J connectivity index is 2.41. The largest absolute Gasteiger partial charge is 0.481 e. The zero-order valence-electron chi connectivity index (χ0n) is 11.2. The molecule has 0 bridgehead atoms. The minimum atomic E-state index is -0.847. The molecule has 1 aliphatic rings.